The number of unbranched alkanes of at least 4 members (excludes halogenated alkanes) is 18. The van der Waals surface area contributed by atoms with Crippen LogP contribution in [-0.4, -0.2) is 37.2 Å². The predicted molar refractivity (Wildman–Crippen MR) is 279 cm³/mol. The van der Waals surface area contributed by atoms with Gasteiger partial charge in [-0.25, -0.2) is 0 Å². The Morgan fingerprint density at radius 2 is 0.631 bits per heavy atom. The quantitative estimate of drug-likeness (QED) is 0.0199. The van der Waals surface area contributed by atoms with Gasteiger partial charge in [0.25, 0.3) is 0 Å². The molecule has 0 saturated heterocycles. The predicted octanol–water partition coefficient (Wildman–Crippen LogP) is 17.3. The van der Waals surface area contributed by atoms with Gasteiger partial charge in [0, 0.05) is 19.3 Å². The van der Waals surface area contributed by atoms with Crippen LogP contribution >= 0.6 is 0 Å². The molecule has 0 aliphatic carbocycles. The molecule has 0 bridgehead atoms. The highest BCUT2D eigenvalue weighted by molar-refractivity contribution is 5.71. The van der Waals surface area contributed by atoms with Gasteiger partial charge in [0.05, 0.1) is 0 Å². The average Bonchev–Trinajstić information content (AvgIpc) is 3.30. The molecule has 0 spiro atoms. The van der Waals surface area contributed by atoms with Crippen molar-refractivity contribution in [2.24, 2.45) is 0 Å². The zero-order valence-corrected chi connectivity index (χ0v) is 41.7. The Kier molecular flexibility index (Phi) is 49.1. The molecular formula is C59H94O6. The van der Waals surface area contributed by atoms with Gasteiger partial charge in [-0.15, -0.1) is 0 Å². The molecule has 0 heterocycles. The molecule has 366 valence electrons. The van der Waals surface area contributed by atoms with Crippen molar-refractivity contribution in [3.63, 3.8) is 0 Å². The molecule has 0 aliphatic rings. The van der Waals surface area contributed by atoms with Crippen molar-refractivity contribution >= 4 is 17.9 Å². The van der Waals surface area contributed by atoms with Crippen LogP contribution < -0.4 is 0 Å². The van der Waals surface area contributed by atoms with Crippen molar-refractivity contribution in [3.8, 4) is 0 Å². The molecule has 1 unspecified atom stereocenters. The fourth-order valence-electron chi connectivity index (χ4n) is 6.73. The van der Waals surface area contributed by atoms with Gasteiger partial charge in [-0.05, 0) is 96.3 Å². The van der Waals surface area contributed by atoms with Crippen LogP contribution in [-0.2, 0) is 28.6 Å². The number of hydrogen-bond acceptors (Lipinski definition) is 6. The summed E-state index contributed by atoms with van der Waals surface area (Å²) >= 11 is 0. The highest BCUT2D eigenvalue weighted by Crippen LogP contribution is 2.14. The van der Waals surface area contributed by atoms with E-state index in [-0.39, 0.29) is 31.1 Å². The van der Waals surface area contributed by atoms with Crippen molar-refractivity contribution in [2.75, 3.05) is 13.2 Å². The van der Waals surface area contributed by atoms with E-state index in [1.54, 1.807) is 0 Å². The van der Waals surface area contributed by atoms with Crippen molar-refractivity contribution in [1.29, 1.82) is 0 Å². The van der Waals surface area contributed by atoms with E-state index in [4.69, 9.17) is 14.2 Å². The third-order valence-electron chi connectivity index (χ3n) is 10.6. The number of rotatable bonds is 45. The number of carbonyl (C=O) groups is 3. The van der Waals surface area contributed by atoms with Gasteiger partial charge in [-0.3, -0.25) is 14.4 Å². The zero-order chi connectivity index (χ0) is 47.2. The van der Waals surface area contributed by atoms with Crippen LogP contribution in [0, 0.1) is 0 Å². The summed E-state index contributed by atoms with van der Waals surface area (Å²) in [6.07, 6.45) is 71.8. The molecule has 65 heavy (non-hydrogen) atoms. The molecule has 6 heteroatoms. The minimum atomic E-state index is -0.802. The van der Waals surface area contributed by atoms with Crippen LogP contribution in [0.15, 0.2) is 122 Å². The Bertz CT molecular complexity index is 1400. The van der Waals surface area contributed by atoms with Gasteiger partial charge in [-0.2, -0.15) is 0 Å². The average molecular weight is 899 g/mol. The first-order chi connectivity index (χ1) is 32.0. The summed E-state index contributed by atoms with van der Waals surface area (Å²) in [5, 5.41) is 0. The molecule has 0 radical (unpaired) electrons. The largest absolute Gasteiger partial charge is 0.462 e. The van der Waals surface area contributed by atoms with Gasteiger partial charge >= 0.3 is 17.9 Å². The Hall–Kier alpha value is -4.19. The smallest absolute Gasteiger partial charge is 0.306 e. The van der Waals surface area contributed by atoms with Crippen LogP contribution in [0.5, 0.6) is 0 Å². The number of hydrogen-bond donors (Lipinski definition) is 0. The standard InChI is InChI=1S/C59H94O6/c1-4-7-10-13-16-19-22-25-27-28-29-30-32-34-37-40-43-46-49-52-58(61)64-55-56(54-63-57(60)51-48-45-42-39-36-33-24-21-18-15-12-9-6-3)65-59(62)53-50-47-44-41-38-35-31-26-23-20-17-14-11-8-5-2/h7-12,14-21,23-25,27,29-30,56H,4-6,13,22,26,28,31-55H2,1-3H3/b10-7+,11-8+,12-9+,17-14+,18-15+,19-16+,23-20+,24-21+,27-25+,30-29+. The number of esters is 3. The van der Waals surface area contributed by atoms with E-state index in [9.17, 15) is 14.4 Å². The lowest BCUT2D eigenvalue weighted by molar-refractivity contribution is -0.167. The first-order valence-electron chi connectivity index (χ1n) is 26.1. The summed E-state index contributed by atoms with van der Waals surface area (Å²) in [7, 11) is 0. The zero-order valence-electron chi connectivity index (χ0n) is 41.7. The Balaban J connectivity index is 4.46. The molecule has 1 atom stereocenters. The van der Waals surface area contributed by atoms with Crippen LogP contribution in [0.2, 0.25) is 0 Å². The van der Waals surface area contributed by atoms with Gasteiger partial charge in [0.15, 0.2) is 6.10 Å². The fourth-order valence-corrected chi connectivity index (χ4v) is 6.73. The van der Waals surface area contributed by atoms with Crippen molar-refractivity contribution in [1.82, 2.24) is 0 Å². The third kappa shape index (κ3) is 50.7. The van der Waals surface area contributed by atoms with E-state index in [1.165, 1.54) is 32.1 Å². The SMILES string of the molecule is CC/C=C/C=C/C=C/CCCCCCCCCC(=O)OC(COC(=O)CCCCCCC/C=C/C=C/C=C/CC)COC(=O)CCCCCCCC/C=C/C/C=C/C/C=C/C/C=C/CC. The second-order valence-electron chi connectivity index (χ2n) is 16.8. The lowest BCUT2D eigenvalue weighted by Crippen LogP contribution is -2.30. The molecule has 0 saturated carbocycles. The van der Waals surface area contributed by atoms with Gasteiger partial charge in [0.2, 0.25) is 0 Å². The van der Waals surface area contributed by atoms with E-state index in [2.05, 4.69) is 142 Å². The third-order valence-corrected chi connectivity index (χ3v) is 10.6. The summed E-state index contributed by atoms with van der Waals surface area (Å²) in [5.41, 5.74) is 0. The summed E-state index contributed by atoms with van der Waals surface area (Å²) in [5.74, 6) is -0.954. The van der Waals surface area contributed by atoms with Crippen LogP contribution in [0.4, 0.5) is 0 Å². The van der Waals surface area contributed by atoms with Crippen LogP contribution in [0.1, 0.15) is 213 Å². The molecule has 0 N–H and O–H groups in total. The second kappa shape index (κ2) is 52.4. The minimum absolute atomic E-state index is 0.101. The monoisotopic (exact) mass is 899 g/mol. The highest BCUT2D eigenvalue weighted by Gasteiger charge is 2.19. The van der Waals surface area contributed by atoms with Crippen molar-refractivity contribution < 1.29 is 28.6 Å². The van der Waals surface area contributed by atoms with E-state index >= 15 is 0 Å². The van der Waals surface area contributed by atoms with E-state index < -0.39 is 6.10 Å². The summed E-state index contributed by atoms with van der Waals surface area (Å²) in [6.45, 7) is 6.21. The summed E-state index contributed by atoms with van der Waals surface area (Å²) in [6, 6.07) is 0. The molecule has 0 fully saturated rings. The number of allylic oxidation sites excluding steroid dienone is 20. The van der Waals surface area contributed by atoms with E-state index in [1.807, 2.05) is 0 Å². The molecule has 0 rings (SSSR count). The molecule has 0 aromatic carbocycles. The topological polar surface area (TPSA) is 78.9 Å². The maximum atomic E-state index is 12.8. The van der Waals surface area contributed by atoms with Gasteiger partial charge in [-0.1, -0.05) is 219 Å². The van der Waals surface area contributed by atoms with Crippen LogP contribution in [0.3, 0.4) is 0 Å². The number of carbonyl (C=O) groups excluding carboxylic acids is 3. The maximum Gasteiger partial charge on any atom is 0.306 e. The molecule has 6 nitrogen and oxygen atoms in total. The lowest BCUT2D eigenvalue weighted by atomic mass is 10.1. The van der Waals surface area contributed by atoms with Gasteiger partial charge < -0.3 is 14.2 Å². The molecular weight excluding hydrogens is 805 g/mol. The molecule has 0 aliphatic heterocycles. The Labute approximate surface area is 399 Å². The Morgan fingerprint density at radius 3 is 1.03 bits per heavy atom. The summed E-state index contributed by atoms with van der Waals surface area (Å²) < 4.78 is 16.8. The normalized spacial score (nSPS) is 13.1. The highest BCUT2D eigenvalue weighted by atomic mass is 16.6. The minimum Gasteiger partial charge on any atom is -0.462 e. The molecule has 0 aromatic rings. The Morgan fingerprint density at radius 1 is 0.323 bits per heavy atom. The maximum absolute atomic E-state index is 12.8. The fraction of sp³-hybridized carbons (Fsp3) is 0.610. The first-order valence-corrected chi connectivity index (χ1v) is 26.1. The summed E-state index contributed by atoms with van der Waals surface area (Å²) in [4.78, 5) is 38.0. The van der Waals surface area contributed by atoms with Crippen LogP contribution in [0.25, 0.3) is 0 Å². The van der Waals surface area contributed by atoms with Gasteiger partial charge in [0.1, 0.15) is 13.2 Å². The van der Waals surface area contributed by atoms with E-state index in [0.29, 0.717) is 19.3 Å². The first kappa shape index (κ1) is 60.8. The second-order valence-corrected chi connectivity index (χ2v) is 16.8. The number of ether oxygens (including phenoxy) is 3. The van der Waals surface area contributed by atoms with Crippen molar-refractivity contribution in [3.05, 3.63) is 122 Å². The van der Waals surface area contributed by atoms with E-state index in [0.717, 1.165) is 141 Å². The lowest BCUT2D eigenvalue weighted by Gasteiger charge is -2.18. The molecule has 0 aromatic heterocycles. The van der Waals surface area contributed by atoms with Crippen molar-refractivity contribution in [2.45, 2.75) is 219 Å². The molecule has 0 amide bonds.